The number of pyridine rings is 2. The number of rotatable bonds is 3. The predicted molar refractivity (Wildman–Crippen MR) is 101 cm³/mol. The van der Waals surface area contributed by atoms with Gasteiger partial charge in [-0.15, -0.1) is 0 Å². The number of benzene rings is 2. The second-order valence-corrected chi connectivity index (χ2v) is 6.03. The maximum Gasteiger partial charge on any atom is 0.0939 e. The van der Waals surface area contributed by atoms with E-state index in [1.807, 2.05) is 19.2 Å². The molecule has 0 saturated heterocycles. The predicted octanol–water partition coefficient (Wildman–Crippen LogP) is 5.40. The molecule has 0 aliphatic carbocycles. The number of nitrogens with one attached hydrogen (secondary N) is 1. The minimum Gasteiger partial charge on any atom is -0.352 e. The Kier molecular flexibility index (Phi) is 3.62. The molecule has 1 N–H and O–H groups in total. The number of hydrogen-bond donors (Lipinski definition) is 1. The minimum absolute atomic E-state index is 0.986. The zero-order valence-electron chi connectivity index (χ0n) is 13.9. The van der Waals surface area contributed by atoms with Crippen LogP contribution in [0, 0.1) is 6.92 Å². The third-order valence-corrected chi connectivity index (χ3v) is 4.30. The number of nitrogens with zero attached hydrogens (tertiary/aromatic N) is 2. The summed E-state index contributed by atoms with van der Waals surface area (Å²) in [6.07, 6.45) is 2.95. The smallest absolute Gasteiger partial charge is 0.0939 e. The number of anilines is 2. The fourth-order valence-electron chi connectivity index (χ4n) is 2.99. The second kappa shape index (κ2) is 5.93. The van der Waals surface area contributed by atoms with Gasteiger partial charge < -0.3 is 5.32 Å². The first-order valence-electron chi connectivity index (χ1n) is 8.25. The fourth-order valence-corrected chi connectivity index (χ4v) is 2.99. The van der Waals surface area contributed by atoms with Gasteiger partial charge in [0.25, 0.3) is 0 Å². The van der Waals surface area contributed by atoms with E-state index in [-0.39, 0.29) is 0 Å². The summed E-state index contributed by atoms with van der Waals surface area (Å²) in [6.45, 7) is 4.16. The van der Waals surface area contributed by atoms with E-state index < -0.39 is 0 Å². The van der Waals surface area contributed by atoms with Crippen LogP contribution in [0.2, 0.25) is 0 Å². The van der Waals surface area contributed by atoms with Gasteiger partial charge in [0.2, 0.25) is 0 Å². The van der Waals surface area contributed by atoms with Crippen LogP contribution in [0.3, 0.4) is 0 Å². The van der Waals surface area contributed by atoms with Crippen LogP contribution in [0.4, 0.5) is 11.4 Å². The van der Waals surface area contributed by atoms with Crippen LogP contribution in [0.1, 0.15) is 18.2 Å². The van der Waals surface area contributed by atoms with Crippen molar-refractivity contribution in [3.05, 3.63) is 72.1 Å². The lowest BCUT2D eigenvalue weighted by atomic mass is 10.1. The molecule has 0 saturated carbocycles. The van der Waals surface area contributed by atoms with Crippen molar-refractivity contribution in [2.24, 2.45) is 0 Å². The van der Waals surface area contributed by atoms with Crippen LogP contribution in [-0.2, 0) is 6.42 Å². The average Bonchev–Trinajstić information content (AvgIpc) is 2.62. The van der Waals surface area contributed by atoms with E-state index in [0.29, 0.717) is 0 Å². The van der Waals surface area contributed by atoms with Crippen LogP contribution in [-0.4, -0.2) is 9.97 Å². The molecule has 2 aromatic heterocycles. The third kappa shape index (κ3) is 2.58. The Balaban J connectivity index is 1.84. The molecule has 118 valence electrons. The molecule has 0 amide bonds. The van der Waals surface area contributed by atoms with Crippen LogP contribution in [0.15, 0.2) is 60.8 Å². The number of aryl methyl sites for hydroxylation is 2. The summed E-state index contributed by atoms with van der Waals surface area (Å²) in [6, 6.07) is 18.8. The van der Waals surface area contributed by atoms with Gasteiger partial charge in [-0.25, -0.2) is 0 Å². The quantitative estimate of drug-likeness (QED) is 0.550. The van der Waals surface area contributed by atoms with E-state index in [2.05, 4.69) is 65.8 Å². The molecular formula is C21H19N3. The SMILES string of the molecule is CCc1cnc2c(Nc3cccc4ccc(C)nc34)cccc2c1. The van der Waals surface area contributed by atoms with Crippen molar-refractivity contribution < 1.29 is 0 Å². The highest BCUT2D eigenvalue weighted by Gasteiger charge is 2.07. The lowest BCUT2D eigenvalue weighted by Crippen LogP contribution is -1.96. The molecule has 4 aromatic rings. The zero-order valence-corrected chi connectivity index (χ0v) is 13.9. The largest absolute Gasteiger partial charge is 0.352 e. The van der Waals surface area contributed by atoms with Gasteiger partial charge in [-0.1, -0.05) is 37.3 Å². The van der Waals surface area contributed by atoms with Crippen LogP contribution in [0.5, 0.6) is 0 Å². The Hall–Kier alpha value is -2.94. The third-order valence-electron chi connectivity index (χ3n) is 4.30. The maximum atomic E-state index is 4.70. The molecule has 0 atom stereocenters. The van der Waals surface area contributed by atoms with Gasteiger partial charge in [0, 0.05) is 22.7 Å². The highest BCUT2D eigenvalue weighted by molar-refractivity contribution is 5.97. The topological polar surface area (TPSA) is 37.8 Å². The van der Waals surface area contributed by atoms with Crippen molar-refractivity contribution in [1.82, 2.24) is 9.97 Å². The van der Waals surface area contributed by atoms with E-state index in [1.54, 1.807) is 0 Å². The average molecular weight is 313 g/mol. The molecule has 0 spiro atoms. The summed E-state index contributed by atoms with van der Waals surface area (Å²) in [5, 5.41) is 5.82. The van der Waals surface area contributed by atoms with E-state index in [4.69, 9.17) is 4.98 Å². The monoisotopic (exact) mass is 313 g/mol. The van der Waals surface area contributed by atoms with Crippen LogP contribution in [0.25, 0.3) is 21.8 Å². The van der Waals surface area contributed by atoms with Crippen LogP contribution < -0.4 is 5.32 Å². The summed E-state index contributed by atoms with van der Waals surface area (Å²) in [4.78, 5) is 9.36. The van der Waals surface area contributed by atoms with E-state index in [9.17, 15) is 0 Å². The summed E-state index contributed by atoms with van der Waals surface area (Å²) < 4.78 is 0. The number of fused-ring (bicyclic) bond motifs is 2. The van der Waals surface area contributed by atoms with Crippen molar-refractivity contribution in [2.75, 3.05) is 5.32 Å². The van der Waals surface area contributed by atoms with Gasteiger partial charge in [0.1, 0.15) is 0 Å². The van der Waals surface area contributed by atoms with E-state index in [0.717, 1.165) is 45.3 Å². The molecule has 2 heterocycles. The van der Waals surface area contributed by atoms with Gasteiger partial charge >= 0.3 is 0 Å². The maximum absolute atomic E-state index is 4.70. The summed E-state index contributed by atoms with van der Waals surface area (Å²) >= 11 is 0. The summed E-state index contributed by atoms with van der Waals surface area (Å²) in [5.41, 5.74) is 6.25. The Morgan fingerprint density at radius 1 is 0.875 bits per heavy atom. The first-order chi connectivity index (χ1) is 11.7. The van der Waals surface area contributed by atoms with Gasteiger partial charge in [-0.05, 0) is 43.2 Å². The lowest BCUT2D eigenvalue weighted by Gasteiger charge is -2.12. The molecule has 0 radical (unpaired) electrons. The van der Waals surface area contributed by atoms with Gasteiger partial charge in [0.15, 0.2) is 0 Å². The molecule has 0 aliphatic heterocycles. The van der Waals surface area contributed by atoms with Gasteiger partial charge in [-0.3, -0.25) is 9.97 Å². The minimum atomic E-state index is 0.986. The Labute approximate surface area is 141 Å². The molecular weight excluding hydrogens is 294 g/mol. The first-order valence-corrected chi connectivity index (χ1v) is 8.25. The second-order valence-electron chi connectivity index (χ2n) is 6.03. The summed E-state index contributed by atoms with van der Waals surface area (Å²) in [7, 11) is 0. The molecule has 0 aliphatic rings. The Bertz CT molecular complexity index is 1040. The van der Waals surface area contributed by atoms with Gasteiger partial charge in [-0.2, -0.15) is 0 Å². The fraction of sp³-hybridized carbons (Fsp3) is 0.143. The molecule has 3 heteroatoms. The number of hydrogen-bond acceptors (Lipinski definition) is 3. The normalized spacial score (nSPS) is 11.1. The van der Waals surface area contributed by atoms with Crippen molar-refractivity contribution in [3.8, 4) is 0 Å². The van der Waals surface area contributed by atoms with Crippen molar-refractivity contribution in [3.63, 3.8) is 0 Å². The molecule has 0 fully saturated rings. The number of para-hydroxylation sites is 2. The van der Waals surface area contributed by atoms with E-state index in [1.165, 1.54) is 5.56 Å². The Morgan fingerprint density at radius 2 is 1.62 bits per heavy atom. The highest BCUT2D eigenvalue weighted by Crippen LogP contribution is 2.29. The standard InChI is InChI=1S/C21H19N3/c1-3-15-12-17-7-5-8-18(20(17)22-13-15)24-19-9-4-6-16-11-10-14(2)23-21(16)19/h4-13,24H,3H2,1-2H3. The molecule has 3 nitrogen and oxygen atoms in total. The van der Waals surface area contributed by atoms with Crippen molar-refractivity contribution in [2.45, 2.75) is 20.3 Å². The van der Waals surface area contributed by atoms with Gasteiger partial charge in [0.05, 0.1) is 22.4 Å². The van der Waals surface area contributed by atoms with Crippen molar-refractivity contribution in [1.29, 1.82) is 0 Å². The molecule has 24 heavy (non-hydrogen) atoms. The van der Waals surface area contributed by atoms with Crippen LogP contribution >= 0.6 is 0 Å². The molecule has 4 rings (SSSR count). The molecule has 0 bridgehead atoms. The Morgan fingerprint density at radius 3 is 2.42 bits per heavy atom. The first kappa shape index (κ1) is 14.6. The van der Waals surface area contributed by atoms with Crippen molar-refractivity contribution >= 4 is 33.2 Å². The molecule has 2 aromatic carbocycles. The number of aromatic nitrogens is 2. The van der Waals surface area contributed by atoms with E-state index >= 15 is 0 Å². The summed E-state index contributed by atoms with van der Waals surface area (Å²) in [5.74, 6) is 0. The zero-order chi connectivity index (χ0) is 16.5. The lowest BCUT2D eigenvalue weighted by molar-refractivity contribution is 1.12. The molecule has 0 unspecified atom stereocenters. The highest BCUT2D eigenvalue weighted by atomic mass is 14.9.